The minimum atomic E-state index is -1.06. The summed E-state index contributed by atoms with van der Waals surface area (Å²) in [7, 11) is 1.53. The van der Waals surface area contributed by atoms with Crippen LogP contribution in [-0.4, -0.2) is 57.7 Å². The van der Waals surface area contributed by atoms with Crippen molar-refractivity contribution in [2.75, 3.05) is 26.7 Å². The van der Waals surface area contributed by atoms with Crippen LogP contribution in [0.25, 0.3) is 0 Å². The molecule has 2 rings (SSSR count). The van der Waals surface area contributed by atoms with Crippen molar-refractivity contribution in [3.63, 3.8) is 0 Å². The molecule has 1 saturated heterocycles. The van der Waals surface area contributed by atoms with E-state index in [1.807, 2.05) is 0 Å². The monoisotopic (exact) mass is 268 g/mol. The van der Waals surface area contributed by atoms with Gasteiger partial charge < -0.3 is 14.7 Å². The number of carbonyl (C=O) groups is 1. The number of rotatable bonds is 7. The number of nitrogens with zero attached hydrogens (tertiary/aromatic N) is 4. The molecule has 1 fully saturated rings. The predicted molar refractivity (Wildman–Crippen MR) is 68.0 cm³/mol. The average molecular weight is 268 g/mol. The lowest BCUT2D eigenvalue weighted by molar-refractivity contribution is 0.0684. The van der Waals surface area contributed by atoms with Gasteiger partial charge in [-0.1, -0.05) is 5.21 Å². The second-order valence-corrected chi connectivity index (χ2v) is 4.75. The van der Waals surface area contributed by atoms with Crippen molar-refractivity contribution >= 4 is 5.97 Å². The molecule has 106 valence electrons. The molecule has 0 bridgehead atoms. The van der Waals surface area contributed by atoms with Gasteiger partial charge in [0.05, 0.1) is 12.3 Å². The molecule has 1 aromatic heterocycles. The van der Waals surface area contributed by atoms with Crippen molar-refractivity contribution in [2.45, 2.75) is 32.4 Å². The summed E-state index contributed by atoms with van der Waals surface area (Å²) in [6, 6.07) is 0. The van der Waals surface area contributed by atoms with E-state index in [0.29, 0.717) is 12.2 Å². The Bertz CT molecular complexity index is 427. The summed E-state index contributed by atoms with van der Waals surface area (Å²) in [4.78, 5) is 13.4. The maximum atomic E-state index is 11.0. The molecule has 0 unspecified atom stereocenters. The molecule has 0 atom stereocenters. The Kier molecular flexibility index (Phi) is 4.86. The van der Waals surface area contributed by atoms with Gasteiger partial charge in [-0.2, -0.15) is 0 Å². The quantitative estimate of drug-likeness (QED) is 0.780. The van der Waals surface area contributed by atoms with E-state index >= 15 is 0 Å². The first-order chi connectivity index (χ1) is 9.22. The predicted octanol–water partition coefficient (Wildman–Crippen LogP) is 0.609. The maximum absolute atomic E-state index is 11.0. The van der Waals surface area contributed by atoms with E-state index in [9.17, 15) is 4.79 Å². The standard InChI is InChI=1S/C12H20N4O3/c1-19-9-10-11(12(17)18)13-14-16(10)8-4-7-15-5-2-3-6-15/h2-9H2,1H3,(H,17,18). The molecule has 1 aliphatic heterocycles. The van der Waals surface area contributed by atoms with Gasteiger partial charge in [-0.25, -0.2) is 9.48 Å². The number of aryl methyl sites for hydroxylation is 1. The van der Waals surface area contributed by atoms with E-state index in [4.69, 9.17) is 9.84 Å². The van der Waals surface area contributed by atoms with Crippen molar-refractivity contribution in [1.29, 1.82) is 0 Å². The number of ether oxygens (including phenoxy) is 1. The lowest BCUT2D eigenvalue weighted by Gasteiger charge is -2.14. The average Bonchev–Trinajstić information content (AvgIpc) is 3.00. The van der Waals surface area contributed by atoms with Gasteiger partial charge in [0, 0.05) is 13.7 Å². The van der Waals surface area contributed by atoms with Gasteiger partial charge in [0.1, 0.15) is 0 Å². The molecule has 0 amide bonds. The molecule has 1 aromatic rings. The van der Waals surface area contributed by atoms with Crippen molar-refractivity contribution < 1.29 is 14.6 Å². The molecular weight excluding hydrogens is 248 g/mol. The van der Waals surface area contributed by atoms with Crippen LogP contribution in [-0.2, 0) is 17.9 Å². The van der Waals surface area contributed by atoms with E-state index in [1.165, 1.54) is 33.0 Å². The topological polar surface area (TPSA) is 80.5 Å². The first-order valence-corrected chi connectivity index (χ1v) is 6.59. The van der Waals surface area contributed by atoms with Crippen LogP contribution in [0.3, 0.4) is 0 Å². The van der Waals surface area contributed by atoms with Gasteiger partial charge in [0.15, 0.2) is 5.69 Å². The summed E-state index contributed by atoms with van der Waals surface area (Å²) in [5.41, 5.74) is 0.527. The van der Waals surface area contributed by atoms with E-state index in [1.54, 1.807) is 4.68 Å². The van der Waals surface area contributed by atoms with Crippen LogP contribution in [0.2, 0.25) is 0 Å². The minimum Gasteiger partial charge on any atom is -0.476 e. The number of hydrogen-bond acceptors (Lipinski definition) is 5. The molecule has 0 aliphatic carbocycles. The van der Waals surface area contributed by atoms with E-state index in [2.05, 4.69) is 15.2 Å². The third-order valence-corrected chi connectivity index (χ3v) is 3.36. The normalized spacial score (nSPS) is 16.1. The van der Waals surface area contributed by atoms with E-state index in [-0.39, 0.29) is 12.3 Å². The van der Waals surface area contributed by atoms with Crippen molar-refractivity contribution in [3.8, 4) is 0 Å². The summed E-state index contributed by atoms with van der Waals surface area (Å²) < 4.78 is 6.66. The minimum absolute atomic E-state index is 0.0111. The molecule has 0 radical (unpaired) electrons. The van der Waals surface area contributed by atoms with Crippen molar-refractivity contribution in [2.24, 2.45) is 0 Å². The Morgan fingerprint density at radius 1 is 1.37 bits per heavy atom. The first-order valence-electron chi connectivity index (χ1n) is 6.59. The highest BCUT2D eigenvalue weighted by atomic mass is 16.5. The highest BCUT2D eigenvalue weighted by Crippen LogP contribution is 2.10. The Morgan fingerprint density at radius 3 is 2.74 bits per heavy atom. The van der Waals surface area contributed by atoms with Gasteiger partial charge in [0.25, 0.3) is 0 Å². The Morgan fingerprint density at radius 2 is 2.11 bits per heavy atom. The summed E-state index contributed by atoms with van der Waals surface area (Å²) in [5.74, 6) is -1.06. The van der Waals surface area contributed by atoms with Crippen LogP contribution in [0.1, 0.15) is 35.4 Å². The van der Waals surface area contributed by atoms with Gasteiger partial charge in [0.2, 0.25) is 0 Å². The molecule has 1 N–H and O–H groups in total. The Labute approximate surface area is 112 Å². The van der Waals surface area contributed by atoms with Gasteiger partial charge in [-0.15, -0.1) is 5.10 Å². The molecule has 19 heavy (non-hydrogen) atoms. The smallest absolute Gasteiger partial charge is 0.358 e. The van der Waals surface area contributed by atoms with Crippen LogP contribution in [0.15, 0.2) is 0 Å². The first kappa shape index (κ1) is 14.0. The Balaban J connectivity index is 1.92. The van der Waals surface area contributed by atoms with Crippen LogP contribution in [0.4, 0.5) is 0 Å². The Hall–Kier alpha value is -1.47. The number of carboxylic acids is 1. The molecular formula is C12H20N4O3. The van der Waals surface area contributed by atoms with Crippen molar-refractivity contribution in [1.82, 2.24) is 19.9 Å². The van der Waals surface area contributed by atoms with E-state index in [0.717, 1.165) is 13.0 Å². The number of likely N-dealkylation sites (tertiary alicyclic amines) is 1. The number of aromatic nitrogens is 3. The number of carboxylic acid groups (broad SMARTS) is 1. The second kappa shape index (κ2) is 6.63. The zero-order valence-electron chi connectivity index (χ0n) is 11.2. The number of aromatic carboxylic acids is 1. The van der Waals surface area contributed by atoms with E-state index < -0.39 is 5.97 Å². The second-order valence-electron chi connectivity index (χ2n) is 4.75. The fraction of sp³-hybridized carbons (Fsp3) is 0.750. The molecule has 0 spiro atoms. The zero-order chi connectivity index (χ0) is 13.7. The van der Waals surface area contributed by atoms with Crippen molar-refractivity contribution in [3.05, 3.63) is 11.4 Å². The molecule has 0 aromatic carbocycles. The van der Waals surface area contributed by atoms with Gasteiger partial charge in [-0.3, -0.25) is 0 Å². The fourth-order valence-corrected chi connectivity index (χ4v) is 2.41. The number of hydrogen-bond donors (Lipinski definition) is 1. The largest absolute Gasteiger partial charge is 0.476 e. The SMILES string of the molecule is COCc1c(C(=O)O)nnn1CCCN1CCCC1. The molecule has 0 saturated carbocycles. The lowest BCUT2D eigenvalue weighted by Crippen LogP contribution is -2.22. The van der Waals surface area contributed by atoms with Gasteiger partial charge >= 0.3 is 5.97 Å². The molecule has 2 heterocycles. The van der Waals surface area contributed by atoms with Crippen LogP contribution < -0.4 is 0 Å². The fourth-order valence-electron chi connectivity index (χ4n) is 2.41. The summed E-state index contributed by atoms with van der Waals surface area (Å²) in [6.07, 6.45) is 3.50. The maximum Gasteiger partial charge on any atom is 0.358 e. The zero-order valence-corrected chi connectivity index (χ0v) is 11.2. The molecule has 7 heteroatoms. The summed E-state index contributed by atoms with van der Waals surface area (Å²) in [5, 5.41) is 16.6. The molecule has 1 aliphatic rings. The lowest BCUT2D eigenvalue weighted by atomic mass is 10.3. The third kappa shape index (κ3) is 3.51. The highest BCUT2D eigenvalue weighted by Gasteiger charge is 2.19. The summed E-state index contributed by atoms with van der Waals surface area (Å²) in [6.45, 7) is 4.26. The highest BCUT2D eigenvalue weighted by molar-refractivity contribution is 5.86. The van der Waals surface area contributed by atoms with Crippen LogP contribution in [0, 0.1) is 0 Å². The summed E-state index contributed by atoms with van der Waals surface area (Å²) >= 11 is 0. The number of methoxy groups -OCH3 is 1. The third-order valence-electron chi connectivity index (χ3n) is 3.36. The van der Waals surface area contributed by atoms with Crippen LogP contribution >= 0.6 is 0 Å². The molecule has 7 nitrogen and oxygen atoms in total. The van der Waals surface area contributed by atoms with Crippen LogP contribution in [0.5, 0.6) is 0 Å². The van der Waals surface area contributed by atoms with Gasteiger partial charge in [-0.05, 0) is 38.9 Å².